The summed E-state index contributed by atoms with van der Waals surface area (Å²) in [5.74, 6) is 0.340. The number of aliphatic hydroxyl groups is 1. The first-order valence-corrected chi connectivity index (χ1v) is 6.82. The van der Waals surface area contributed by atoms with E-state index >= 15 is 0 Å². The molecule has 1 saturated heterocycles. The Kier molecular flexibility index (Phi) is 4.86. The minimum atomic E-state index is -0.953. The second kappa shape index (κ2) is 6.43. The van der Waals surface area contributed by atoms with E-state index in [0.717, 1.165) is 5.56 Å². The molecule has 0 bridgehead atoms. The lowest BCUT2D eigenvalue weighted by Crippen LogP contribution is -2.44. The zero-order valence-electron chi connectivity index (χ0n) is 11.3. The summed E-state index contributed by atoms with van der Waals surface area (Å²) in [6, 6.07) is 5.21. The quantitative estimate of drug-likeness (QED) is 0.860. The summed E-state index contributed by atoms with van der Waals surface area (Å²) in [6.07, 6.45) is 0.532. The van der Waals surface area contributed by atoms with E-state index in [-0.39, 0.29) is 25.7 Å². The molecule has 1 aliphatic rings. The van der Waals surface area contributed by atoms with Gasteiger partial charge in [-0.05, 0) is 30.7 Å². The number of amides is 1. The van der Waals surface area contributed by atoms with Crippen LogP contribution in [0.4, 0.5) is 0 Å². The van der Waals surface area contributed by atoms with Crippen LogP contribution in [0.1, 0.15) is 12.0 Å². The minimum absolute atomic E-state index is 0.0978. The lowest BCUT2D eigenvalue weighted by atomic mass is 10.0. The molecule has 1 aromatic rings. The second-order valence-electron chi connectivity index (χ2n) is 5.00. The molecule has 1 unspecified atom stereocenters. The van der Waals surface area contributed by atoms with E-state index in [1.165, 1.54) is 0 Å². The van der Waals surface area contributed by atoms with Gasteiger partial charge in [-0.3, -0.25) is 4.79 Å². The molecule has 0 aromatic heterocycles. The van der Waals surface area contributed by atoms with Crippen molar-refractivity contribution in [1.82, 2.24) is 5.32 Å². The molecular formula is C14H18ClNO4. The van der Waals surface area contributed by atoms with E-state index in [4.69, 9.17) is 21.1 Å². The lowest BCUT2D eigenvalue weighted by Gasteiger charge is -2.20. The topological polar surface area (TPSA) is 67.8 Å². The molecule has 1 heterocycles. The van der Waals surface area contributed by atoms with E-state index in [1.807, 2.05) is 6.92 Å². The number of halogens is 1. The first kappa shape index (κ1) is 15.1. The van der Waals surface area contributed by atoms with E-state index in [2.05, 4.69) is 5.32 Å². The fourth-order valence-corrected chi connectivity index (χ4v) is 2.19. The highest BCUT2D eigenvalue weighted by molar-refractivity contribution is 6.30. The van der Waals surface area contributed by atoms with Gasteiger partial charge in [0.2, 0.25) is 0 Å². The Balaban J connectivity index is 1.77. The molecule has 5 nitrogen and oxygen atoms in total. The number of benzene rings is 1. The number of hydrogen-bond acceptors (Lipinski definition) is 4. The first-order valence-electron chi connectivity index (χ1n) is 6.44. The van der Waals surface area contributed by atoms with Crippen LogP contribution in [0.5, 0.6) is 5.75 Å². The average molecular weight is 300 g/mol. The molecule has 20 heavy (non-hydrogen) atoms. The van der Waals surface area contributed by atoms with Crippen LogP contribution >= 0.6 is 11.6 Å². The normalized spacial score (nSPS) is 21.8. The van der Waals surface area contributed by atoms with Gasteiger partial charge in [-0.1, -0.05) is 11.6 Å². The van der Waals surface area contributed by atoms with Crippen molar-refractivity contribution in [2.75, 3.05) is 26.4 Å². The van der Waals surface area contributed by atoms with Crippen molar-refractivity contribution in [3.8, 4) is 5.75 Å². The van der Waals surface area contributed by atoms with Crippen LogP contribution in [0, 0.1) is 6.92 Å². The zero-order chi connectivity index (χ0) is 14.6. The van der Waals surface area contributed by atoms with Gasteiger partial charge in [-0.25, -0.2) is 0 Å². The number of nitrogens with one attached hydrogen (secondary N) is 1. The van der Waals surface area contributed by atoms with E-state index in [1.54, 1.807) is 18.2 Å². The minimum Gasteiger partial charge on any atom is -0.484 e. The molecule has 2 rings (SSSR count). The standard InChI is InChI=1S/C14H18ClNO4/c1-10-6-11(15)2-3-12(10)20-7-13(17)16-8-14(18)4-5-19-9-14/h2-3,6,18H,4-5,7-9H2,1H3,(H,16,17). The van der Waals surface area contributed by atoms with E-state index in [9.17, 15) is 9.90 Å². The Bertz CT molecular complexity index is 486. The number of ether oxygens (including phenoxy) is 2. The van der Waals surface area contributed by atoms with Gasteiger partial charge in [-0.15, -0.1) is 0 Å². The highest BCUT2D eigenvalue weighted by Crippen LogP contribution is 2.21. The first-order chi connectivity index (χ1) is 9.48. The fourth-order valence-electron chi connectivity index (χ4n) is 1.97. The van der Waals surface area contributed by atoms with Crippen LogP contribution in [-0.4, -0.2) is 43.0 Å². The number of aryl methyl sites for hydroxylation is 1. The van der Waals surface area contributed by atoms with Crippen LogP contribution in [0.2, 0.25) is 5.02 Å². The molecule has 0 saturated carbocycles. The van der Waals surface area contributed by atoms with E-state index < -0.39 is 5.60 Å². The lowest BCUT2D eigenvalue weighted by molar-refractivity contribution is -0.124. The van der Waals surface area contributed by atoms with Crippen molar-refractivity contribution in [2.24, 2.45) is 0 Å². The van der Waals surface area contributed by atoms with Crippen molar-refractivity contribution in [3.63, 3.8) is 0 Å². The van der Waals surface area contributed by atoms with Crippen LogP contribution in [0.15, 0.2) is 18.2 Å². The molecule has 1 amide bonds. The second-order valence-corrected chi connectivity index (χ2v) is 5.44. The summed E-state index contributed by atoms with van der Waals surface area (Å²) < 4.78 is 10.5. The summed E-state index contributed by atoms with van der Waals surface area (Å²) in [5, 5.41) is 13.3. The zero-order valence-corrected chi connectivity index (χ0v) is 12.1. The maximum atomic E-state index is 11.7. The van der Waals surface area contributed by atoms with Gasteiger partial charge in [0.05, 0.1) is 6.61 Å². The maximum Gasteiger partial charge on any atom is 0.258 e. The molecule has 6 heteroatoms. The van der Waals surface area contributed by atoms with Crippen molar-refractivity contribution in [2.45, 2.75) is 18.9 Å². The van der Waals surface area contributed by atoms with Gasteiger partial charge in [0.15, 0.2) is 6.61 Å². The predicted molar refractivity (Wildman–Crippen MR) is 75.1 cm³/mol. The highest BCUT2D eigenvalue weighted by atomic mass is 35.5. The molecule has 2 N–H and O–H groups in total. The summed E-state index contributed by atoms with van der Waals surface area (Å²) in [4.78, 5) is 11.7. The van der Waals surface area contributed by atoms with Crippen molar-refractivity contribution < 1.29 is 19.4 Å². The molecule has 1 aliphatic heterocycles. The fraction of sp³-hybridized carbons (Fsp3) is 0.500. The summed E-state index contributed by atoms with van der Waals surface area (Å²) >= 11 is 5.84. The Morgan fingerprint density at radius 2 is 2.40 bits per heavy atom. The van der Waals surface area contributed by atoms with Crippen molar-refractivity contribution in [3.05, 3.63) is 28.8 Å². The third-order valence-electron chi connectivity index (χ3n) is 3.19. The monoisotopic (exact) mass is 299 g/mol. The van der Waals surface area contributed by atoms with Crippen LogP contribution in [-0.2, 0) is 9.53 Å². The van der Waals surface area contributed by atoms with Gasteiger partial charge in [-0.2, -0.15) is 0 Å². The molecule has 1 fully saturated rings. The number of carbonyl (C=O) groups excluding carboxylic acids is 1. The average Bonchev–Trinajstić information content (AvgIpc) is 2.83. The number of hydrogen-bond donors (Lipinski definition) is 2. The van der Waals surface area contributed by atoms with Gasteiger partial charge in [0.25, 0.3) is 5.91 Å². The smallest absolute Gasteiger partial charge is 0.258 e. The molecule has 110 valence electrons. The molecule has 0 aliphatic carbocycles. The molecule has 1 aromatic carbocycles. The molecule has 1 atom stereocenters. The third-order valence-corrected chi connectivity index (χ3v) is 3.43. The van der Waals surface area contributed by atoms with Gasteiger partial charge >= 0.3 is 0 Å². The van der Waals surface area contributed by atoms with E-state index in [0.29, 0.717) is 23.8 Å². The van der Waals surface area contributed by atoms with Crippen LogP contribution in [0.3, 0.4) is 0 Å². The SMILES string of the molecule is Cc1cc(Cl)ccc1OCC(=O)NCC1(O)CCOC1. The summed E-state index contributed by atoms with van der Waals surface area (Å²) in [5.41, 5.74) is -0.0839. The van der Waals surface area contributed by atoms with Crippen molar-refractivity contribution >= 4 is 17.5 Å². The summed E-state index contributed by atoms with van der Waals surface area (Å²) in [7, 11) is 0. The Morgan fingerprint density at radius 3 is 3.05 bits per heavy atom. The van der Waals surface area contributed by atoms with Gasteiger partial charge in [0, 0.05) is 24.6 Å². The largest absolute Gasteiger partial charge is 0.484 e. The number of rotatable bonds is 5. The Labute approximate surface area is 122 Å². The predicted octanol–water partition coefficient (Wildman–Crippen LogP) is 1.29. The maximum absolute atomic E-state index is 11.7. The van der Waals surface area contributed by atoms with Crippen LogP contribution in [0.25, 0.3) is 0 Å². The van der Waals surface area contributed by atoms with Gasteiger partial charge in [0.1, 0.15) is 11.4 Å². The molecule has 0 spiro atoms. The Morgan fingerprint density at radius 1 is 1.60 bits per heavy atom. The highest BCUT2D eigenvalue weighted by Gasteiger charge is 2.32. The van der Waals surface area contributed by atoms with Crippen LogP contribution < -0.4 is 10.1 Å². The number of carbonyl (C=O) groups is 1. The Hall–Kier alpha value is -1.30. The molecular weight excluding hydrogens is 282 g/mol. The molecule has 0 radical (unpaired) electrons. The van der Waals surface area contributed by atoms with Gasteiger partial charge < -0.3 is 19.9 Å². The summed E-state index contributed by atoms with van der Waals surface area (Å²) in [6.45, 7) is 2.71. The third kappa shape index (κ3) is 4.10. The van der Waals surface area contributed by atoms with Crippen molar-refractivity contribution in [1.29, 1.82) is 0 Å².